The van der Waals surface area contributed by atoms with E-state index in [1.807, 2.05) is 0 Å². The Morgan fingerprint density at radius 1 is 1.19 bits per heavy atom. The Labute approximate surface area is 104 Å². The van der Waals surface area contributed by atoms with Crippen molar-refractivity contribution in [3.8, 4) is 0 Å². The molecule has 3 heteroatoms. The highest BCUT2D eigenvalue weighted by atomic mass is 35.5. The van der Waals surface area contributed by atoms with Crippen LogP contribution in [0, 0.1) is 5.41 Å². The first-order chi connectivity index (χ1) is 7.55. The van der Waals surface area contributed by atoms with Gasteiger partial charge in [0.15, 0.2) is 0 Å². The van der Waals surface area contributed by atoms with Gasteiger partial charge in [-0.3, -0.25) is 0 Å². The standard InChI is InChI=1S/C13H23ClO2/c1-12(2)4-3-11(16-12)9-13(10-14)5-7-15-8-6-13/h11H,3-10H2,1-2H3. The number of alkyl halides is 1. The van der Waals surface area contributed by atoms with E-state index in [0.717, 1.165) is 38.4 Å². The van der Waals surface area contributed by atoms with Crippen molar-refractivity contribution in [1.82, 2.24) is 0 Å². The van der Waals surface area contributed by atoms with Crippen LogP contribution in [0.2, 0.25) is 0 Å². The summed E-state index contributed by atoms with van der Waals surface area (Å²) >= 11 is 6.18. The lowest BCUT2D eigenvalue weighted by molar-refractivity contribution is -0.0529. The van der Waals surface area contributed by atoms with Gasteiger partial charge in [0.25, 0.3) is 0 Å². The van der Waals surface area contributed by atoms with E-state index in [-0.39, 0.29) is 11.0 Å². The summed E-state index contributed by atoms with van der Waals surface area (Å²) in [5, 5.41) is 0. The van der Waals surface area contributed by atoms with Gasteiger partial charge in [-0.15, -0.1) is 11.6 Å². The first-order valence-electron chi connectivity index (χ1n) is 6.37. The second-order valence-electron chi connectivity index (χ2n) is 5.99. The summed E-state index contributed by atoms with van der Waals surface area (Å²) in [6.07, 6.45) is 6.07. The van der Waals surface area contributed by atoms with Crippen LogP contribution in [0.1, 0.15) is 46.0 Å². The predicted octanol–water partition coefficient (Wildman–Crippen LogP) is 3.37. The van der Waals surface area contributed by atoms with Gasteiger partial charge in [0.05, 0.1) is 11.7 Å². The van der Waals surface area contributed by atoms with E-state index in [1.54, 1.807) is 0 Å². The minimum atomic E-state index is 0.0728. The lowest BCUT2D eigenvalue weighted by Gasteiger charge is -2.37. The summed E-state index contributed by atoms with van der Waals surface area (Å²) in [4.78, 5) is 0. The van der Waals surface area contributed by atoms with E-state index in [4.69, 9.17) is 21.1 Å². The first kappa shape index (κ1) is 12.7. The molecule has 0 aromatic carbocycles. The van der Waals surface area contributed by atoms with Crippen LogP contribution in [0.3, 0.4) is 0 Å². The van der Waals surface area contributed by atoms with E-state index in [1.165, 1.54) is 12.8 Å². The van der Waals surface area contributed by atoms with Gasteiger partial charge in [0.2, 0.25) is 0 Å². The van der Waals surface area contributed by atoms with Crippen LogP contribution in [-0.2, 0) is 9.47 Å². The summed E-state index contributed by atoms with van der Waals surface area (Å²) in [7, 11) is 0. The van der Waals surface area contributed by atoms with Gasteiger partial charge >= 0.3 is 0 Å². The molecule has 0 spiro atoms. The van der Waals surface area contributed by atoms with Crippen LogP contribution in [-0.4, -0.2) is 30.8 Å². The van der Waals surface area contributed by atoms with E-state index < -0.39 is 0 Å². The van der Waals surface area contributed by atoms with Gasteiger partial charge in [-0.05, 0) is 51.4 Å². The molecule has 2 aliphatic rings. The fourth-order valence-corrected chi connectivity index (χ4v) is 3.28. The highest BCUT2D eigenvalue weighted by Crippen LogP contribution is 2.41. The van der Waals surface area contributed by atoms with Gasteiger partial charge in [-0.25, -0.2) is 0 Å². The van der Waals surface area contributed by atoms with Crippen molar-refractivity contribution in [1.29, 1.82) is 0 Å². The molecule has 0 radical (unpaired) electrons. The van der Waals surface area contributed by atoms with Crippen LogP contribution in [0.25, 0.3) is 0 Å². The van der Waals surface area contributed by atoms with E-state index in [0.29, 0.717) is 6.10 Å². The van der Waals surface area contributed by atoms with Crippen molar-refractivity contribution in [3.05, 3.63) is 0 Å². The van der Waals surface area contributed by atoms with Gasteiger partial charge < -0.3 is 9.47 Å². The van der Waals surface area contributed by atoms with Gasteiger partial charge in [0, 0.05) is 19.1 Å². The molecule has 2 fully saturated rings. The maximum atomic E-state index is 6.18. The summed E-state index contributed by atoms with van der Waals surface area (Å²) < 4.78 is 11.5. The van der Waals surface area contributed by atoms with Crippen LogP contribution < -0.4 is 0 Å². The van der Waals surface area contributed by atoms with Gasteiger partial charge in [-0.2, -0.15) is 0 Å². The molecule has 0 bridgehead atoms. The molecule has 1 atom stereocenters. The SMILES string of the molecule is CC1(C)CCC(CC2(CCl)CCOCC2)O1. The van der Waals surface area contributed by atoms with Crippen LogP contribution in [0.5, 0.6) is 0 Å². The molecule has 0 aromatic heterocycles. The molecule has 0 N–H and O–H groups in total. The maximum absolute atomic E-state index is 6.18. The van der Waals surface area contributed by atoms with Crippen LogP contribution in [0.4, 0.5) is 0 Å². The largest absolute Gasteiger partial charge is 0.381 e. The van der Waals surface area contributed by atoms with Crippen LogP contribution in [0.15, 0.2) is 0 Å². The number of ether oxygens (including phenoxy) is 2. The van der Waals surface area contributed by atoms with Crippen LogP contribution >= 0.6 is 11.6 Å². The zero-order valence-corrected chi connectivity index (χ0v) is 11.2. The summed E-state index contributed by atoms with van der Waals surface area (Å²) in [5.74, 6) is 0.747. The van der Waals surface area contributed by atoms with E-state index >= 15 is 0 Å². The van der Waals surface area contributed by atoms with E-state index in [9.17, 15) is 0 Å². The van der Waals surface area contributed by atoms with Crippen molar-refractivity contribution in [2.45, 2.75) is 57.7 Å². The Hall–Kier alpha value is 0.210. The Balaban J connectivity index is 1.91. The first-order valence-corrected chi connectivity index (χ1v) is 6.90. The molecule has 2 nitrogen and oxygen atoms in total. The third-order valence-electron chi connectivity index (χ3n) is 4.05. The number of hydrogen-bond donors (Lipinski definition) is 0. The number of hydrogen-bond acceptors (Lipinski definition) is 2. The monoisotopic (exact) mass is 246 g/mol. The average molecular weight is 247 g/mol. The lowest BCUT2D eigenvalue weighted by Crippen LogP contribution is -2.35. The van der Waals surface area contributed by atoms with Crippen molar-refractivity contribution in [2.24, 2.45) is 5.41 Å². The molecule has 0 aliphatic carbocycles. The smallest absolute Gasteiger partial charge is 0.0631 e. The molecule has 2 heterocycles. The highest BCUT2D eigenvalue weighted by Gasteiger charge is 2.39. The molecule has 2 saturated heterocycles. The van der Waals surface area contributed by atoms with Crippen molar-refractivity contribution in [3.63, 3.8) is 0 Å². The average Bonchev–Trinajstić information content (AvgIpc) is 2.59. The maximum Gasteiger partial charge on any atom is 0.0631 e. The summed E-state index contributed by atoms with van der Waals surface area (Å²) in [6.45, 7) is 6.10. The molecule has 2 aliphatic heterocycles. The Bertz CT molecular complexity index is 234. The molecule has 94 valence electrons. The third-order valence-corrected chi connectivity index (χ3v) is 4.62. The fraction of sp³-hybridized carbons (Fsp3) is 1.00. The van der Waals surface area contributed by atoms with Crippen molar-refractivity contribution >= 4 is 11.6 Å². The molecule has 0 saturated carbocycles. The summed E-state index contributed by atoms with van der Waals surface area (Å²) in [5.41, 5.74) is 0.341. The Kier molecular flexibility index (Phi) is 3.82. The second-order valence-corrected chi connectivity index (χ2v) is 6.26. The van der Waals surface area contributed by atoms with Crippen molar-refractivity contribution in [2.75, 3.05) is 19.1 Å². The Morgan fingerprint density at radius 3 is 2.38 bits per heavy atom. The zero-order valence-electron chi connectivity index (χ0n) is 10.4. The molecule has 1 unspecified atom stereocenters. The number of halogens is 1. The van der Waals surface area contributed by atoms with E-state index in [2.05, 4.69) is 13.8 Å². The minimum absolute atomic E-state index is 0.0728. The second kappa shape index (κ2) is 4.83. The molecular formula is C13H23ClO2. The summed E-state index contributed by atoms with van der Waals surface area (Å²) in [6, 6.07) is 0. The quantitative estimate of drug-likeness (QED) is 0.711. The lowest BCUT2D eigenvalue weighted by atomic mass is 9.77. The molecule has 16 heavy (non-hydrogen) atoms. The minimum Gasteiger partial charge on any atom is -0.381 e. The number of rotatable bonds is 3. The molecule has 2 rings (SSSR count). The van der Waals surface area contributed by atoms with Gasteiger partial charge in [-0.1, -0.05) is 0 Å². The fourth-order valence-electron chi connectivity index (χ4n) is 2.90. The molecule has 0 amide bonds. The topological polar surface area (TPSA) is 18.5 Å². The molecular weight excluding hydrogens is 224 g/mol. The zero-order chi connectivity index (χ0) is 11.6. The Morgan fingerprint density at radius 2 is 1.88 bits per heavy atom. The normalized spacial score (nSPS) is 32.8. The van der Waals surface area contributed by atoms with Crippen molar-refractivity contribution < 1.29 is 9.47 Å². The van der Waals surface area contributed by atoms with Gasteiger partial charge in [0.1, 0.15) is 0 Å². The highest BCUT2D eigenvalue weighted by molar-refractivity contribution is 6.18. The third kappa shape index (κ3) is 2.91. The molecule has 0 aromatic rings. The predicted molar refractivity (Wildman–Crippen MR) is 66.0 cm³/mol.